The smallest absolute Gasteiger partial charge is 0.393 e. The summed E-state index contributed by atoms with van der Waals surface area (Å²) < 4.78 is 49.0. The molecule has 0 bridgehead atoms. The van der Waals surface area contributed by atoms with Crippen LogP contribution in [0.1, 0.15) is 25.1 Å². The summed E-state index contributed by atoms with van der Waals surface area (Å²) in [6.45, 7) is 0.861. The molecule has 0 saturated carbocycles. The fourth-order valence-corrected chi connectivity index (χ4v) is 5.63. The van der Waals surface area contributed by atoms with Crippen LogP contribution in [0.5, 0.6) is 0 Å². The molecule has 17 nitrogen and oxygen atoms in total. The Hall–Kier alpha value is -1.30. The summed E-state index contributed by atoms with van der Waals surface area (Å²) in [7, 11) is -10.8. The van der Waals surface area contributed by atoms with Crippen molar-refractivity contribution in [2.24, 2.45) is 0 Å². The Bertz CT molecular complexity index is 1140. The van der Waals surface area contributed by atoms with Crippen LogP contribution in [0.4, 0.5) is 0 Å². The number of nitrogens with zero attached hydrogens (tertiary/aromatic N) is 1. The predicted octanol–water partition coefficient (Wildman–Crippen LogP) is -2.43. The fourth-order valence-electron chi connectivity index (χ4n) is 3.48. The molecular weight excluding hydrogens is 522 g/mol. The molecule has 35 heavy (non-hydrogen) atoms. The van der Waals surface area contributed by atoms with Gasteiger partial charge >= 0.3 is 21.3 Å². The van der Waals surface area contributed by atoms with E-state index < -0.39 is 82.6 Å². The van der Waals surface area contributed by atoms with Crippen LogP contribution in [0.25, 0.3) is 0 Å². The van der Waals surface area contributed by atoms with Crippen LogP contribution in [0.15, 0.2) is 15.8 Å². The Kier molecular flexibility index (Phi) is 8.26. The van der Waals surface area contributed by atoms with E-state index in [1.54, 1.807) is 0 Å². The van der Waals surface area contributed by atoms with E-state index >= 15 is 0 Å². The van der Waals surface area contributed by atoms with Crippen LogP contribution in [0.3, 0.4) is 0 Å². The molecule has 2 fully saturated rings. The van der Waals surface area contributed by atoms with E-state index in [-0.39, 0.29) is 12.0 Å². The second-order valence-electron chi connectivity index (χ2n) is 8.07. The first-order chi connectivity index (χ1) is 16.1. The van der Waals surface area contributed by atoms with E-state index in [9.17, 15) is 48.9 Å². The lowest BCUT2D eigenvalue weighted by Crippen LogP contribution is -2.50. The van der Waals surface area contributed by atoms with Crippen LogP contribution < -0.4 is 11.2 Å². The standard InChI is InChI=1S/C16H26N2O15P2/c1-7-4-18(15(23)17-13(7)22)11-3-9(20)10(31-11)5-29-34(25,26)33-35(27,28)32-14-12(21)16(24,6-19)8(2)30-14/h4,8-12,14,19-21,24H,3,5-6H2,1-2H3,(H,25,26)(H,27,28)(H,17,22,23)/t8-,9-,10+,11+,12-,14-,16+/m0/s1. The number of aryl methyl sites for hydroxylation is 1. The van der Waals surface area contributed by atoms with Crippen molar-refractivity contribution in [3.05, 3.63) is 32.6 Å². The second kappa shape index (κ2) is 10.2. The van der Waals surface area contributed by atoms with Gasteiger partial charge in [-0.05, 0) is 13.8 Å². The number of aliphatic hydroxyl groups is 4. The van der Waals surface area contributed by atoms with Gasteiger partial charge in [-0.3, -0.25) is 23.4 Å². The zero-order chi connectivity index (χ0) is 26.3. The molecule has 3 heterocycles. The molecule has 1 aromatic heterocycles. The van der Waals surface area contributed by atoms with E-state index in [2.05, 4.69) is 18.3 Å². The highest BCUT2D eigenvalue weighted by molar-refractivity contribution is 7.61. The summed E-state index contributed by atoms with van der Waals surface area (Å²) in [4.78, 5) is 45.1. The molecule has 0 aliphatic carbocycles. The number of rotatable bonds is 9. The molecule has 19 heteroatoms. The van der Waals surface area contributed by atoms with Gasteiger partial charge in [0.05, 0.1) is 25.4 Å². The highest BCUT2D eigenvalue weighted by Crippen LogP contribution is 2.61. The Labute approximate surface area is 196 Å². The van der Waals surface area contributed by atoms with E-state index in [1.807, 2.05) is 0 Å². The van der Waals surface area contributed by atoms with Crippen molar-refractivity contribution in [1.82, 2.24) is 9.55 Å². The maximum atomic E-state index is 12.2. The average Bonchev–Trinajstić information content (AvgIpc) is 3.21. The largest absolute Gasteiger partial charge is 0.483 e. The number of hydrogen-bond acceptors (Lipinski definition) is 13. The molecule has 0 amide bonds. The van der Waals surface area contributed by atoms with E-state index in [1.165, 1.54) is 20.0 Å². The number of aliphatic hydroxyl groups excluding tert-OH is 3. The number of ether oxygens (including phenoxy) is 2. The molecule has 200 valence electrons. The summed E-state index contributed by atoms with van der Waals surface area (Å²) in [6.07, 6.45) is -7.82. The number of nitrogens with one attached hydrogen (secondary N) is 1. The van der Waals surface area contributed by atoms with E-state index in [0.717, 1.165) is 4.57 Å². The van der Waals surface area contributed by atoms with Gasteiger partial charge in [0.15, 0.2) is 6.29 Å². The normalized spacial score (nSPS) is 36.7. The quantitative estimate of drug-likeness (QED) is 0.158. The van der Waals surface area contributed by atoms with Crippen molar-refractivity contribution >= 4 is 15.6 Å². The van der Waals surface area contributed by atoms with Crippen LogP contribution in [-0.2, 0) is 32.0 Å². The zero-order valence-electron chi connectivity index (χ0n) is 18.4. The minimum Gasteiger partial charge on any atom is -0.393 e. The summed E-state index contributed by atoms with van der Waals surface area (Å²) in [5.74, 6) is 0. The topological polar surface area (TPSA) is 257 Å². The fraction of sp³-hybridized carbons (Fsp3) is 0.750. The molecule has 0 spiro atoms. The Balaban J connectivity index is 1.59. The van der Waals surface area contributed by atoms with Gasteiger partial charge in [0.1, 0.15) is 24.0 Å². The Morgan fingerprint density at radius 1 is 1.23 bits per heavy atom. The monoisotopic (exact) mass is 548 g/mol. The number of hydrogen-bond donors (Lipinski definition) is 7. The van der Waals surface area contributed by atoms with Crippen LogP contribution in [-0.4, -0.2) is 89.3 Å². The molecule has 1 aromatic rings. The van der Waals surface area contributed by atoms with Gasteiger partial charge < -0.3 is 39.7 Å². The molecule has 2 aliphatic rings. The molecule has 2 unspecified atom stereocenters. The van der Waals surface area contributed by atoms with E-state index in [4.69, 9.17) is 9.47 Å². The molecule has 7 N–H and O–H groups in total. The van der Waals surface area contributed by atoms with Gasteiger partial charge in [0, 0.05) is 18.2 Å². The van der Waals surface area contributed by atoms with Gasteiger partial charge in [0.25, 0.3) is 5.56 Å². The SMILES string of the molecule is Cc1cn([C@H]2C[C@H](O)[C@@H](COP(=O)(O)OP(=O)(O)O[C@@H]3O[C@@H](C)[C@](O)(CO)[C@H]3O)O2)c(=O)[nH]c1=O. The third-order valence-corrected chi connectivity index (χ3v) is 8.17. The predicted molar refractivity (Wildman–Crippen MR) is 111 cm³/mol. The molecule has 2 saturated heterocycles. The van der Waals surface area contributed by atoms with Gasteiger partial charge in [-0.25, -0.2) is 13.9 Å². The second-order valence-corrected chi connectivity index (χ2v) is 11.1. The maximum absolute atomic E-state index is 12.2. The summed E-state index contributed by atoms with van der Waals surface area (Å²) in [6, 6.07) is 0. The van der Waals surface area contributed by atoms with Gasteiger partial charge in [-0.2, -0.15) is 4.31 Å². The third kappa shape index (κ3) is 6.17. The van der Waals surface area contributed by atoms with Crippen LogP contribution >= 0.6 is 15.6 Å². The van der Waals surface area contributed by atoms with Crippen molar-refractivity contribution < 1.29 is 62.2 Å². The number of phosphoric ester groups is 2. The first kappa shape index (κ1) is 28.3. The van der Waals surface area contributed by atoms with E-state index in [0.29, 0.717) is 0 Å². The highest BCUT2D eigenvalue weighted by Gasteiger charge is 2.56. The molecule has 3 rings (SSSR count). The first-order valence-corrected chi connectivity index (χ1v) is 13.1. The van der Waals surface area contributed by atoms with Gasteiger partial charge in [0.2, 0.25) is 0 Å². The van der Waals surface area contributed by atoms with Crippen molar-refractivity contribution in [2.75, 3.05) is 13.2 Å². The zero-order valence-corrected chi connectivity index (χ0v) is 20.2. The molecule has 2 aliphatic heterocycles. The van der Waals surface area contributed by atoms with Crippen LogP contribution in [0, 0.1) is 6.92 Å². The van der Waals surface area contributed by atoms with Crippen molar-refractivity contribution in [1.29, 1.82) is 0 Å². The lowest BCUT2D eigenvalue weighted by atomic mass is 9.95. The highest BCUT2D eigenvalue weighted by atomic mass is 31.3. The van der Waals surface area contributed by atoms with Crippen LogP contribution in [0.2, 0.25) is 0 Å². The van der Waals surface area contributed by atoms with Gasteiger partial charge in [-0.15, -0.1) is 0 Å². The Morgan fingerprint density at radius 2 is 1.89 bits per heavy atom. The lowest BCUT2D eigenvalue weighted by Gasteiger charge is -2.26. The lowest BCUT2D eigenvalue weighted by molar-refractivity contribution is -0.123. The molecule has 9 atom stereocenters. The van der Waals surface area contributed by atoms with Crippen molar-refractivity contribution in [2.45, 2.75) is 62.8 Å². The van der Waals surface area contributed by atoms with Gasteiger partial charge in [-0.1, -0.05) is 0 Å². The van der Waals surface area contributed by atoms with Crippen molar-refractivity contribution in [3.63, 3.8) is 0 Å². The number of H-pyrrole nitrogens is 1. The molecule has 0 radical (unpaired) electrons. The number of aromatic nitrogens is 2. The minimum atomic E-state index is -5.45. The third-order valence-electron chi connectivity index (χ3n) is 5.57. The summed E-state index contributed by atoms with van der Waals surface area (Å²) >= 11 is 0. The minimum absolute atomic E-state index is 0.152. The summed E-state index contributed by atoms with van der Waals surface area (Å²) in [5.41, 5.74) is -3.46. The molecular formula is C16H26N2O15P2. The Morgan fingerprint density at radius 3 is 2.49 bits per heavy atom. The average molecular weight is 548 g/mol. The van der Waals surface area contributed by atoms with Crippen molar-refractivity contribution in [3.8, 4) is 0 Å². The molecule has 0 aromatic carbocycles. The summed E-state index contributed by atoms with van der Waals surface area (Å²) in [5, 5.41) is 39.5. The number of phosphoric acid groups is 2. The number of aromatic amines is 1. The maximum Gasteiger partial charge on any atom is 0.483 e. The first-order valence-electron chi connectivity index (χ1n) is 10.1.